The van der Waals surface area contributed by atoms with E-state index < -0.39 is 0 Å². The maximum atomic E-state index is 4.31. The molecule has 0 fully saturated rings. The molecule has 2 heteroatoms. The fraction of sp³-hybridized carbons (Fsp3) is 0.0323. The lowest BCUT2D eigenvalue weighted by Crippen LogP contribution is -1.95. The second kappa shape index (κ2) is 17.6. The molecule has 1 heterocycles. The summed E-state index contributed by atoms with van der Waals surface area (Å²) in [6.07, 6.45) is 5.78. The summed E-state index contributed by atoms with van der Waals surface area (Å²) in [6, 6.07) is 79.0. The molecule has 0 saturated carbocycles. The van der Waals surface area contributed by atoms with Crippen molar-refractivity contribution < 1.29 is 0 Å². The Morgan fingerprint density at radius 2 is 0.938 bits per heavy atom. The predicted octanol–water partition coefficient (Wildman–Crippen LogP) is 17.3. The molecule has 2 nitrogen and oxygen atoms in total. The van der Waals surface area contributed by atoms with Gasteiger partial charge in [0.15, 0.2) is 0 Å². The summed E-state index contributed by atoms with van der Waals surface area (Å²) in [5, 5.41) is 6.13. The number of hydrogen-bond donors (Lipinski definition) is 1. The van der Waals surface area contributed by atoms with E-state index in [-0.39, 0.29) is 5.92 Å². The van der Waals surface area contributed by atoms with Crippen LogP contribution in [0.1, 0.15) is 18.4 Å². The van der Waals surface area contributed by atoms with Crippen LogP contribution in [-0.2, 0) is 0 Å². The van der Waals surface area contributed by atoms with Gasteiger partial charge in [-0.1, -0.05) is 190 Å². The summed E-state index contributed by atoms with van der Waals surface area (Å²) >= 11 is 0. The molecule has 0 aliphatic rings. The zero-order chi connectivity index (χ0) is 43.4. The minimum Gasteiger partial charge on any atom is -0.356 e. The van der Waals surface area contributed by atoms with Crippen LogP contribution in [0.3, 0.4) is 0 Å². The summed E-state index contributed by atoms with van der Waals surface area (Å²) in [5.41, 5.74) is 19.6. The Balaban J connectivity index is 1.01. The number of nitrogens with zero attached hydrogens (tertiary/aromatic N) is 1. The van der Waals surface area contributed by atoms with Crippen LogP contribution in [0.15, 0.2) is 255 Å². The van der Waals surface area contributed by atoms with Crippen LogP contribution in [0.5, 0.6) is 0 Å². The highest BCUT2D eigenvalue weighted by molar-refractivity contribution is 6.10. The molecule has 1 N–H and O–H groups in total. The molecule has 0 spiro atoms. The van der Waals surface area contributed by atoms with Gasteiger partial charge in [0.1, 0.15) is 0 Å². The Bertz CT molecular complexity index is 3300. The van der Waals surface area contributed by atoms with Crippen molar-refractivity contribution in [3.8, 4) is 61.3 Å². The van der Waals surface area contributed by atoms with Crippen LogP contribution in [0.4, 0.5) is 11.4 Å². The van der Waals surface area contributed by atoms with Gasteiger partial charge in [0.2, 0.25) is 0 Å². The van der Waals surface area contributed by atoms with E-state index in [4.69, 9.17) is 0 Å². The molecule has 1 atom stereocenters. The second-order valence-corrected chi connectivity index (χ2v) is 16.5. The summed E-state index contributed by atoms with van der Waals surface area (Å²) in [7, 11) is 0. The number of hydrogen-bond acceptors (Lipinski definition) is 1. The number of aromatic nitrogens is 1. The van der Waals surface area contributed by atoms with Gasteiger partial charge in [0.25, 0.3) is 0 Å². The van der Waals surface area contributed by atoms with Gasteiger partial charge in [-0.3, -0.25) is 0 Å². The highest BCUT2D eigenvalue weighted by Crippen LogP contribution is 2.38. The highest BCUT2D eigenvalue weighted by atomic mass is 15.0. The summed E-state index contributed by atoms with van der Waals surface area (Å²) in [5.74, 6) is 0.193. The van der Waals surface area contributed by atoms with Gasteiger partial charge >= 0.3 is 0 Å². The van der Waals surface area contributed by atoms with Gasteiger partial charge in [-0.05, 0) is 134 Å². The van der Waals surface area contributed by atoms with Crippen molar-refractivity contribution in [2.45, 2.75) is 12.8 Å². The molecular formula is C62H48N2. The van der Waals surface area contributed by atoms with Crippen molar-refractivity contribution in [3.05, 3.63) is 261 Å². The maximum Gasteiger partial charge on any atom is 0.0547 e. The van der Waals surface area contributed by atoms with Crippen molar-refractivity contribution >= 4 is 33.2 Å². The van der Waals surface area contributed by atoms with Gasteiger partial charge in [-0.25, -0.2) is 0 Å². The molecule has 1 unspecified atom stereocenters. The van der Waals surface area contributed by atoms with E-state index in [0.29, 0.717) is 0 Å². The Morgan fingerprint density at radius 3 is 1.56 bits per heavy atom. The third-order valence-electron chi connectivity index (χ3n) is 12.4. The smallest absolute Gasteiger partial charge is 0.0547 e. The molecule has 9 aromatic carbocycles. The Morgan fingerprint density at radius 1 is 0.438 bits per heavy atom. The van der Waals surface area contributed by atoms with E-state index >= 15 is 0 Å². The summed E-state index contributed by atoms with van der Waals surface area (Å²) in [4.78, 5) is 0. The standard InChI is InChI=1S/C62H48N2/c1-4-5-15-43(2)44(3)45-24-26-48(27-25-45)53-38-54(49-28-33-56(34-29-49)63-57-21-14-20-51(41-57)46-16-8-6-9-17-46)40-55(39-53)50-30-35-58(36-31-50)64-61-23-13-12-22-59(61)60-37-32-52(42-62(60)64)47-18-10-7-11-19-47/h4-42,44,63H,1-2H2,3H3. The van der Waals surface area contributed by atoms with Crippen LogP contribution in [0, 0.1) is 0 Å². The number of rotatable bonds is 12. The van der Waals surface area contributed by atoms with E-state index in [1.165, 1.54) is 55.2 Å². The van der Waals surface area contributed by atoms with E-state index in [1.54, 1.807) is 6.08 Å². The van der Waals surface area contributed by atoms with Gasteiger partial charge in [-0.15, -0.1) is 0 Å². The summed E-state index contributed by atoms with van der Waals surface area (Å²) < 4.78 is 2.40. The van der Waals surface area contributed by atoms with E-state index in [2.05, 4.69) is 248 Å². The first kappa shape index (κ1) is 39.9. The first-order valence-corrected chi connectivity index (χ1v) is 21.9. The monoisotopic (exact) mass is 820 g/mol. The predicted molar refractivity (Wildman–Crippen MR) is 275 cm³/mol. The topological polar surface area (TPSA) is 17.0 Å². The van der Waals surface area contributed by atoms with Crippen molar-refractivity contribution in [3.63, 3.8) is 0 Å². The zero-order valence-corrected chi connectivity index (χ0v) is 36.0. The highest BCUT2D eigenvalue weighted by Gasteiger charge is 2.15. The average Bonchev–Trinajstić information content (AvgIpc) is 3.70. The van der Waals surface area contributed by atoms with Crippen LogP contribution in [0.2, 0.25) is 0 Å². The van der Waals surface area contributed by atoms with Gasteiger partial charge in [0.05, 0.1) is 11.0 Å². The summed E-state index contributed by atoms with van der Waals surface area (Å²) in [6.45, 7) is 10.3. The molecule has 0 amide bonds. The third-order valence-corrected chi connectivity index (χ3v) is 12.4. The van der Waals surface area contributed by atoms with Crippen LogP contribution in [0.25, 0.3) is 83.1 Å². The number of fused-ring (bicyclic) bond motifs is 3. The molecule has 10 aromatic rings. The number of allylic oxidation sites excluding steroid dienone is 4. The molecule has 1 aromatic heterocycles. The fourth-order valence-electron chi connectivity index (χ4n) is 8.82. The molecule has 0 radical (unpaired) electrons. The maximum absolute atomic E-state index is 4.31. The second-order valence-electron chi connectivity index (χ2n) is 16.5. The quantitative estimate of drug-likeness (QED) is 0.122. The number of para-hydroxylation sites is 1. The molecule has 0 aliphatic carbocycles. The SMILES string of the molecule is C=CC=CC(=C)C(C)c1ccc(-c2cc(-c3ccc(Nc4cccc(-c5ccccc5)c4)cc3)cc(-c3ccc(-n4c5ccccc5c5ccc(-c6ccccc6)cc54)cc3)c2)cc1. The first-order valence-electron chi connectivity index (χ1n) is 21.9. The van der Waals surface area contributed by atoms with E-state index in [1.807, 2.05) is 12.2 Å². The van der Waals surface area contributed by atoms with Crippen molar-refractivity contribution in [1.29, 1.82) is 0 Å². The largest absolute Gasteiger partial charge is 0.356 e. The Labute approximate surface area is 376 Å². The minimum absolute atomic E-state index is 0.193. The third kappa shape index (κ3) is 8.13. The van der Waals surface area contributed by atoms with Crippen molar-refractivity contribution in [1.82, 2.24) is 4.57 Å². The molecule has 0 aliphatic heterocycles. The van der Waals surface area contributed by atoms with Crippen molar-refractivity contribution in [2.75, 3.05) is 5.32 Å². The normalized spacial score (nSPS) is 11.8. The minimum atomic E-state index is 0.193. The van der Waals surface area contributed by atoms with Crippen LogP contribution in [-0.4, -0.2) is 4.57 Å². The average molecular weight is 821 g/mol. The lowest BCUT2D eigenvalue weighted by atomic mass is 9.90. The fourth-order valence-corrected chi connectivity index (χ4v) is 8.82. The van der Waals surface area contributed by atoms with Gasteiger partial charge < -0.3 is 9.88 Å². The number of nitrogens with one attached hydrogen (secondary N) is 1. The molecule has 0 saturated heterocycles. The number of anilines is 2. The first-order chi connectivity index (χ1) is 31.5. The van der Waals surface area contributed by atoms with Gasteiger partial charge in [0, 0.05) is 33.8 Å². The lowest BCUT2D eigenvalue weighted by molar-refractivity contribution is 0.926. The van der Waals surface area contributed by atoms with Gasteiger partial charge in [-0.2, -0.15) is 0 Å². The molecule has 0 bridgehead atoms. The lowest BCUT2D eigenvalue weighted by Gasteiger charge is -2.15. The zero-order valence-electron chi connectivity index (χ0n) is 36.0. The van der Waals surface area contributed by atoms with Crippen LogP contribution < -0.4 is 5.32 Å². The molecule has 10 rings (SSSR count). The van der Waals surface area contributed by atoms with E-state index in [9.17, 15) is 0 Å². The molecule has 306 valence electrons. The molecular weight excluding hydrogens is 773 g/mol. The van der Waals surface area contributed by atoms with Crippen LogP contribution >= 0.6 is 0 Å². The van der Waals surface area contributed by atoms with E-state index in [0.717, 1.165) is 50.5 Å². The van der Waals surface area contributed by atoms with Crippen molar-refractivity contribution in [2.24, 2.45) is 0 Å². The Hall–Kier alpha value is -8.20. The molecule has 64 heavy (non-hydrogen) atoms. The Kier molecular flexibility index (Phi) is 11.0. The number of benzene rings is 9.